The molecular weight excluding hydrogens is 196 g/mol. The van der Waals surface area contributed by atoms with E-state index in [2.05, 4.69) is 40.7 Å². The fourth-order valence-electron chi connectivity index (χ4n) is 2.71. The summed E-state index contributed by atoms with van der Waals surface area (Å²) < 4.78 is 0. The molecule has 0 N–H and O–H groups in total. The van der Waals surface area contributed by atoms with Gasteiger partial charge < -0.3 is 0 Å². The molecule has 0 fully saturated rings. The van der Waals surface area contributed by atoms with Gasteiger partial charge in [-0.1, -0.05) is 11.6 Å². The minimum Gasteiger partial charge on any atom is -0.0660 e. The van der Waals surface area contributed by atoms with Crippen LogP contribution in [-0.4, -0.2) is 10.2 Å². The number of aryl methyl sites for hydroxylation is 1. The summed E-state index contributed by atoms with van der Waals surface area (Å²) >= 11 is 0. The van der Waals surface area contributed by atoms with Crippen molar-refractivity contribution in [3.05, 3.63) is 39.5 Å². The quantitative estimate of drug-likeness (QED) is 0.585. The third-order valence-electron chi connectivity index (χ3n) is 4.27. The van der Waals surface area contributed by atoms with E-state index in [0.29, 0.717) is 0 Å². The van der Waals surface area contributed by atoms with E-state index in [9.17, 15) is 0 Å². The summed E-state index contributed by atoms with van der Waals surface area (Å²) in [5, 5.41) is 0. The molecule has 0 spiro atoms. The van der Waals surface area contributed by atoms with Gasteiger partial charge in [0.15, 0.2) is 0 Å². The molecule has 1 aromatic carbocycles. The maximum atomic E-state index is 2.41. The molecule has 80 valence electrons. The van der Waals surface area contributed by atoms with Gasteiger partial charge in [0.05, 0.1) is 0 Å². The fraction of sp³-hybridized carbons (Fsp3) is 0.429. The van der Waals surface area contributed by atoms with Gasteiger partial charge in [0.25, 0.3) is 0 Å². The molecule has 15 heavy (non-hydrogen) atoms. The van der Waals surface area contributed by atoms with Crippen molar-refractivity contribution in [2.45, 2.75) is 40.2 Å². The minimum absolute atomic E-state index is 0.748. The highest BCUT2D eigenvalue weighted by Crippen LogP contribution is 2.42. The molecule has 0 bridgehead atoms. The maximum Gasteiger partial charge on any atom is 0.0175 e. The van der Waals surface area contributed by atoms with Crippen molar-refractivity contribution in [1.29, 1.82) is 0 Å². The van der Waals surface area contributed by atoms with E-state index in [1.807, 2.05) is 0 Å². The zero-order valence-corrected chi connectivity index (χ0v) is 12.7. The van der Waals surface area contributed by atoms with Crippen molar-refractivity contribution >= 4 is 15.8 Å². The Morgan fingerprint density at radius 3 is 2.20 bits per heavy atom. The summed E-state index contributed by atoms with van der Waals surface area (Å²) in [6, 6.07) is 2.41. The van der Waals surface area contributed by atoms with Crippen LogP contribution in [0.2, 0.25) is 0 Å². The van der Waals surface area contributed by atoms with Gasteiger partial charge in [0.2, 0.25) is 0 Å². The lowest BCUT2D eigenvalue weighted by molar-refractivity contribution is 1.11. The molecule has 1 aromatic rings. The van der Waals surface area contributed by atoms with E-state index in [1.54, 1.807) is 16.7 Å². The average molecular weight is 216 g/mol. The molecular formula is C14H20Si. The van der Waals surface area contributed by atoms with Crippen molar-refractivity contribution in [2.75, 3.05) is 0 Å². The van der Waals surface area contributed by atoms with Crippen LogP contribution in [0.25, 0.3) is 5.57 Å². The number of hydrogen-bond acceptors (Lipinski definition) is 0. The Hall–Kier alpha value is -0.823. The monoisotopic (exact) mass is 216 g/mol. The zero-order valence-electron chi connectivity index (χ0n) is 10.7. The number of rotatable bonds is 0. The molecule has 1 atom stereocenters. The van der Waals surface area contributed by atoms with Crippen molar-refractivity contribution in [2.24, 2.45) is 0 Å². The van der Waals surface area contributed by atoms with Crippen LogP contribution >= 0.6 is 0 Å². The van der Waals surface area contributed by atoms with Gasteiger partial charge in [-0.05, 0) is 73.6 Å². The molecule has 0 heterocycles. The Morgan fingerprint density at radius 2 is 1.60 bits per heavy atom. The Kier molecular flexibility index (Phi) is 2.38. The summed E-state index contributed by atoms with van der Waals surface area (Å²) in [5.74, 6) is 0. The van der Waals surface area contributed by atoms with E-state index in [0.717, 1.165) is 5.54 Å². The first-order valence-electron chi connectivity index (χ1n) is 5.73. The zero-order chi connectivity index (χ0) is 11.3. The Morgan fingerprint density at radius 1 is 1.00 bits per heavy atom. The van der Waals surface area contributed by atoms with E-state index < -0.39 is 0 Å². The second-order valence-electron chi connectivity index (χ2n) is 4.94. The van der Waals surface area contributed by atoms with Gasteiger partial charge >= 0.3 is 0 Å². The predicted molar refractivity (Wildman–Crippen MR) is 71.6 cm³/mol. The lowest BCUT2D eigenvalue weighted by Crippen LogP contribution is -1.99. The van der Waals surface area contributed by atoms with E-state index in [1.165, 1.54) is 32.5 Å². The largest absolute Gasteiger partial charge is 0.0660 e. The molecule has 0 amide bonds. The number of allylic oxidation sites excluding steroid dienone is 2. The van der Waals surface area contributed by atoms with Gasteiger partial charge in [-0.3, -0.25) is 0 Å². The number of benzene rings is 1. The molecule has 0 aromatic heterocycles. The van der Waals surface area contributed by atoms with Crippen molar-refractivity contribution in [3.63, 3.8) is 0 Å². The SMILES string of the molecule is CC1=C(C)C([SiH3])c2cc(C)c(C)c(C)c21. The lowest BCUT2D eigenvalue weighted by atomic mass is 9.93. The first-order valence-corrected chi connectivity index (χ1v) is 6.89. The molecule has 1 heteroatoms. The summed E-state index contributed by atoms with van der Waals surface area (Å²) in [7, 11) is 1.24. The van der Waals surface area contributed by atoms with Crippen molar-refractivity contribution in [1.82, 2.24) is 0 Å². The highest BCUT2D eigenvalue weighted by atomic mass is 28.1. The highest BCUT2D eigenvalue weighted by Gasteiger charge is 2.25. The second kappa shape index (κ2) is 3.34. The van der Waals surface area contributed by atoms with Crippen LogP contribution in [0.5, 0.6) is 0 Å². The van der Waals surface area contributed by atoms with Gasteiger partial charge in [0.1, 0.15) is 0 Å². The highest BCUT2D eigenvalue weighted by molar-refractivity contribution is 6.17. The number of fused-ring (bicyclic) bond motifs is 1. The smallest absolute Gasteiger partial charge is 0.0175 e. The molecule has 0 aliphatic heterocycles. The topological polar surface area (TPSA) is 0 Å². The van der Waals surface area contributed by atoms with E-state index in [-0.39, 0.29) is 0 Å². The summed E-state index contributed by atoms with van der Waals surface area (Å²) in [5.41, 5.74) is 11.5. The molecule has 0 nitrogen and oxygen atoms in total. The normalized spacial score (nSPS) is 19.9. The molecule has 2 rings (SSSR count). The van der Waals surface area contributed by atoms with Crippen LogP contribution in [0.15, 0.2) is 11.6 Å². The van der Waals surface area contributed by atoms with Crippen LogP contribution in [0.3, 0.4) is 0 Å². The molecule has 0 radical (unpaired) electrons. The van der Waals surface area contributed by atoms with Crippen LogP contribution in [-0.2, 0) is 0 Å². The van der Waals surface area contributed by atoms with Crippen LogP contribution in [0.1, 0.15) is 47.2 Å². The van der Waals surface area contributed by atoms with Gasteiger partial charge in [-0.2, -0.15) is 0 Å². The fourth-order valence-corrected chi connectivity index (χ4v) is 3.60. The molecule has 1 aliphatic rings. The van der Waals surface area contributed by atoms with Gasteiger partial charge in [-0.15, -0.1) is 0 Å². The Balaban J connectivity index is 2.79. The summed E-state index contributed by atoms with van der Waals surface area (Å²) in [6.07, 6.45) is 0. The summed E-state index contributed by atoms with van der Waals surface area (Å²) in [4.78, 5) is 0. The van der Waals surface area contributed by atoms with Crippen LogP contribution in [0.4, 0.5) is 0 Å². The first kappa shape index (κ1) is 10.7. The van der Waals surface area contributed by atoms with Crippen LogP contribution in [0, 0.1) is 20.8 Å². The van der Waals surface area contributed by atoms with Crippen molar-refractivity contribution in [3.8, 4) is 0 Å². The lowest BCUT2D eigenvalue weighted by Gasteiger charge is -2.14. The predicted octanol–water partition coefficient (Wildman–Crippen LogP) is 2.83. The van der Waals surface area contributed by atoms with Gasteiger partial charge in [0, 0.05) is 10.2 Å². The maximum absolute atomic E-state index is 2.41. The third kappa shape index (κ3) is 1.33. The second-order valence-corrected chi connectivity index (χ2v) is 6.09. The average Bonchev–Trinajstić information content (AvgIpc) is 2.40. The third-order valence-corrected chi connectivity index (χ3v) is 5.76. The Bertz CT molecular complexity index is 467. The summed E-state index contributed by atoms with van der Waals surface area (Å²) in [6.45, 7) is 11.3. The van der Waals surface area contributed by atoms with Gasteiger partial charge in [-0.25, -0.2) is 0 Å². The van der Waals surface area contributed by atoms with E-state index >= 15 is 0 Å². The minimum atomic E-state index is 0.748. The molecule has 1 unspecified atom stereocenters. The Labute approximate surface area is 95.8 Å². The van der Waals surface area contributed by atoms with E-state index in [4.69, 9.17) is 0 Å². The molecule has 0 saturated heterocycles. The standard InChI is InChI=1S/C14H20Si/c1-7-6-12-13(9(3)8(7)2)10(4)11(5)14(12)15/h6,14H,1-5,15H3. The molecule has 1 aliphatic carbocycles. The first-order chi connectivity index (χ1) is 6.95. The number of hydrogen-bond donors (Lipinski definition) is 0. The van der Waals surface area contributed by atoms with Crippen molar-refractivity contribution < 1.29 is 0 Å². The molecule has 0 saturated carbocycles. The van der Waals surface area contributed by atoms with Crippen LogP contribution < -0.4 is 0 Å².